The third-order valence-electron chi connectivity index (χ3n) is 2.40. The molecule has 0 amide bonds. The van der Waals surface area contributed by atoms with Gasteiger partial charge in [-0.05, 0) is 19.9 Å². The number of nitrogens with one attached hydrogen (secondary N) is 1. The standard InChI is InChI=1S/C9H15N3/c1-7-3-8(2)12(11-7)6-9-4-10-5-9/h3,9-10H,4-6H2,1-2H3. The highest BCUT2D eigenvalue weighted by Crippen LogP contribution is 2.09. The van der Waals surface area contributed by atoms with E-state index < -0.39 is 0 Å². The van der Waals surface area contributed by atoms with Crippen molar-refractivity contribution in [2.75, 3.05) is 13.1 Å². The van der Waals surface area contributed by atoms with Crippen molar-refractivity contribution in [1.82, 2.24) is 15.1 Å². The second-order valence-corrected chi connectivity index (χ2v) is 3.63. The smallest absolute Gasteiger partial charge is 0.0596 e. The average Bonchev–Trinajstić information content (AvgIpc) is 2.21. The van der Waals surface area contributed by atoms with Crippen LogP contribution in [-0.4, -0.2) is 22.9 Å². The molecule has 0 unspecified atom stereocenters. The lowest BCUT2D eigenvalue weighted by Crippen LogP contribution is -2.44. The zero-order chi connectivity index (χ0) is 8.55. The number of hydrogen-bond acceptors (Lipinski definition) is 2. The number of rotatable bonds is 2. The van der Waals surface area contributed by atoms with Crippen molar-refractivity contribution in [3.8, 4) is 0 Å². The van der Waals surface area contributed by atoms with Crippen LogP contribution in [0.2, 0.25) is 0 Å². The molecule has 1 aromatic rings. The van der Waals surface area contributed by atoms with Crippen molar-refractivity contribution in [3.63, 3.8) is 0 Å². The van der Waals surface area contributed by atoms with E-state index in [1.807, 2.05) is 6.92 Å². The molecule has 1 fully saturated rings. The van der Waals surface area contributed by atoms with Crippen LogP contribution >= 0.6 is 0 Å². The van der Waals surface area contributed by atoms with Crippen molar-refractivity contribution in [1.29, 1.82) is 0 Å². The van der Waals surface area contributed by atoms with Gasteiger partial charge in [0.25, 0.3) is 0 Å². The van der Waals surface area contributed by atoms with Gasteiger partial charge in [-0.25, -0.2) is 0 Å². The summed E-state index contributed by atoms with van der Waals surface area (Å²) >= 11 is 0. The molecule has 0 aliphatic carbocycles. The quantitative estimate of drug-likeness (QED) is 0.699. The minimum absolute atomic E-state index is 0.794. The predicted molar refractivity (Wildman–Crippen MR) is 48.1 cm³/mol. The fourth-order valence-electron chi connectivity index (χ4n) is 1.58. The van der Waals surface area contributed by atoms with Crippen molar-refractivity contribution < 1.29 is 0 Å². The molecular formula is C9H15N3. The van der Waals surface area contributed by atoms with Gasteiger partial charge in [0.1, 0.15) is 0 Å². The first-order valence-corrected chi connectivity index (χ1v) is 4.47. The Hall–Kier alpha value is -0.830. The van der Waals surface area contributed by atoms with Gasteiger partial charge in [0, 0.05) is 31.2 Å². The molecule has 0 atom stereocenters. The van der Waals surface area contributed by atoms with E-state index in [4.69, 9.17) is 0 Å². The number of aromatic nitrogens is 2. The molecule has 3 heteroatoms. The van der Waals surface area contributed by atoms with Gasteiger partial charge in [-0.1, -0.05) is 0 Å². The maximum absolute atomic E-state index is 4.42. The van der Waals surface area contributed by atoms with Crippen molar-refractivity contribution in [2.24, 2.45) is 5.92 Å². The fraction of sp³-hybridized carbons (Fsp3) is 0.667. The Morgan fingerprint density at radius 2 is 2.33 bits per heavy atom. The first kappa shape index (κ1) is 7.80. The number of hydrogen-bond donors (Lipinski definition) is 1. The summed E-state index contributed by atoms with van der Waals surface area (Å²) in [5, 5.41) is 7.69. The van der Waals surface area contributed by atoms with Crippen LogP contribution in [0.4, 0.5) is 0 Å². The Morgan fingerprint density at radius 3 is 2.75 bits per heavy atom. The molecular weight excluding hydrogens is 150 g/mol. The molecule has 0 saturated carbocycles. The second-order valence-electron chi connectivity index (χ2n) is 3.63. The third-order valence-corrected chi connectivity index (χ3v) is 2.40. The van der Waals surface area contributed by atoms with Gasteiger partial charge in [0.05, 0.1) is 5.69 Å². The Labute approximate surface area is 72.8 Å². The Balaban J connectivity index is 2.05. The van der Waals surface area contributed by atoms with Crippen LogP contribution in [0, 0.1) is 19.8 Å². The van der Waals surface area contributed by atoms with Crippen LogP contribution in [0.25, 0.3) is 0 Å². The molecule has 2 rings (SSSR count). The summed E-state index contributed by atoms with van der Waals surface area (Å²) in [6, 6.07) is 2.13. The van der Waals surface area contributed by atoms with E-state index in [0.29, 0.717) is 0 Å². The molecule has 0 radical (unpaired) electrons. The molecule has 1 aliphatic heterocycles. The summed E-state index contributed by atoms with van der Waals surface area (Å²) in [4.78, 5) is 0. The van der Waals surface area contributed by atoms with E-state index in [-0.39, 0.29) is 0 Å². The minimum atomic E-state index is 0.794. The zero-order valence-corrected chi connectivity index (χ0v) is 7.67. The minimum Gasteiger partial charge on any atom is -0.316 e. The number of nitrogens with zero attached hydrogens (tertiary/aromatic N) is 2. The van der Waals surface area contributed by atoms with Crippen molar-refractivity contribution in [3.05, 3.63) is 17.5 Å². The van der Waals surface area contributed by atoms with Crippen molar-refractivity contribution >= 4 is 0 Å². The van der Waals surface area contributed by atoms with Crippen molar-refractivity contribution in [2.45, 2.75) is 20.4 Å². The number of aryl methyl sites for hydroxylation is 2. The van der Waals surface area contributed by atoms with Crippen LogP contribution in [0.3, 0.4) is 0 Å². The van der Waals surface area contributed by atoms with Gasteiger partial charge >= 0.3 is 0 Å². The average molecular weight is 165 g/mol. The first-order valence-electron chi connectivity index (χ1n) is 4.47. The normalized spacial score (nSPS) is 17.8. The van der Waals surface area contributed by atoms with Crippen LogP contribution in [-0.2, 0) is 6.54 Å². The summed E-state index contributed by atoms with van der Waals surface area (Å²) in [7, 11) is 0. The van der Waals surface area contributed by atoms with E-state index in [0.717, 1.165) is 31.2 Å². The molecule has 3 nitrogen and oxygen atoms in total. The lowest BCUT2D eigenvalue weighted by Gasteiger charge is -2.27. The fourth-order valence-corrected chi connectivity index (χ4v) is 1.58. The maximum atomic E-state index is 4.42. The lowest BCUT2D eigenvalue weighted by molar-refractivity contribution is 0.293. The highest BCUT2D eigenvalue weighted by Gasteiger charge is 2.17. The SMILES string of the molecule is Cc1cc(C)n(CC2CNC2)n1. The van der Waals surface area contributed by atoms with Gasteiger partial charge in [-0.3, -0.25) is 4.68 Å². The summed E-state index contributed by atoms with van der Waals surface area (Å²) in [5.41, 5.74) is 2.40. The van der Waals surface area contributed by atoms with Crippen LogP contribution in [0.5, 0.6) is 0 Å². The van der Waals surface area contributed by atoms with E-state index >= 15 is 0 Å². The van der Waals surface area contributed by atoms with Gasteiger partial charge in [0.2, 0.25) is 0 Å². The van der Waals surface area contributed by atoms with Gasteiger partial charge in [-0.15, -0.1) is 0 Å². The Bertz CT molecular complexity index is 273. The summed E-state index contributed by atoms with van der Waals surface area (Å²) in [5.74, 6) is 0.794. The molecule has 1 aliphatic rings. The molecule has 1 N–H and O–H groups in total. The van der Waals surface area contributed by atoms with E-state index in [1.54, 1.807) is 0 Å². The molecule has 12 heavy (non-hydrogen) atoms. The van der Waals surface area contributed by atoms with E-state index in [9.17, 15) is 0 Å². The molecule has 66 valence electrons. The van der Waals surface area contributed by atoms with Gasteiger partial charge in [0.15, 0.2) is 0 Å². The Kier molecular flexibility index (Phi) is 1.89. The largest absolute Gasteiger partial charge is 0.316 e. The van der Waals surface area contributed by atoms with Crippen LogP contribution in [0.1, 0.15) is 11.4 Å². The first-order chi connectivity index (χ1) is 5.75. The molecule has 0 bridgehead atoms. The third kappa shape index (κ3) is 1.37. The molecule has 1 aromatic heterocycles. The molecule has 1 saturated heterocycles. The van der Waals surface area contributed by atoms with Crippen LogP contribution < -0.4 is 5.32 Å². The molecule has 0 aromatic carbocycles. The second kappa shape index (κ2) is 2.90. The molecule has 0 spiro atoms. The van der Waals surface area contributed by atoms with E-state index in [1.165, 1.54) is 5.69 Å². The topological polar surface area (TPSA) is 29.9 Å². The maximum Gasteiger partial charge on any atom is 0.0596 e. The highest BCUT2D eigenvalue weighted by atomic mass is 15.3. The summed E-state index contributed by atoms with van der Waals surface area (Å²) < 4.78 is 2.11. The van der Waals surface area contributed by atoms with E-state index in [2.05, 4.69) is 28.1 Å². The predicted octanol–water partition coefficient (Wildman–Crippen LogP) is 0.719. The monoisotopic (exact) mass is 165 g/mol. The van der Waals surface area contributed by atoms with Gasteiger partial charge < -0.3 is 5.32 Å². The highest BCUT2D eigenvalue weighted by molar-refractivity contribution is 5.06. The summed E-state index contributed by atoms with van der Waals surface area (Å²) in [6.07, 6.45) is 0. The zero-order valence-electron chi connectivity index (χ0n) is 7.67. The van der Waals surface area contributed by atoms with Gasteiger partial charge in [-0.2, -0.15) is 5.10 Å². The van der Waals surface area contributed by atoms with Crippen LogP contribution in [0.15, 0.2) is 6.07 Å². The molecule has 2 heterocycles. The summed E-state index contributed by atoms with van der Waals surface area (Å²) in [6.45, 7) is 7.54. The lowest BCUT2D eigenvalue weighted by atomic mass is 10.0. The Morgan fingerprint density at radius 1 is 1.58 bits per heavy atom.